The van der Waals surface area contributed by atoms with Crippen LogP contribution in [0, 0.1) is 0 Å². The van der Waals surface area contributed by atoms with Crippen molar-refractivity contribution in [2.45, 2.75) is 10.1 Å². The monoisotopic (exact) mass is 291 g/mol. The molecule has 2 aromatic carbocycles. The van der Waals surface area contributed by atoms with Gasteiger partial charge in [0, 0.05) is 9.92 Å². The third-order valence-electron chi connectivity index (χ3n) is 2.82. The molecule has 0 bridgehead atoms. The van der Waals surface area contributed by atoms with Gasteiger partial charge in [-0.25, -0.2) is 0 Å². The lowest BCUT2D eigenvalue weighted by Crippen LogP contribution is -2.21. The molecule has 1 unspecified atom stereocenters. The lowest BCUT2D eigenvalue weighted by atomic mass is 10.1. The van der Waals surface area contributed by atoms with E-state index in [1.165, 1.54) is 4.90 Å². The molecule has 1 N–H and O–H groups in total. The average molecular weight is 292 g/mol. The van der Waals surface area contributed by atoms with Crippen LogP contribution in [0.5, 0.6) is 0 Å². The van der Waals surface area contributed by atoms with Crippen molar-refractivity contribution in [1.29, 1.82) is 0 Å². The number of nitrogens with one attached hydrogen (secondary N) is 1. The van der Waals surface area contributed by atoms with Crippen LogP contribution < -0.4 is 5.32 Å². The van der Waals surface area contributed by atoms with Gasteiger partial charge >= 0.3 is 0 Å². The lowest BCUT2D eigenvalue weighted by molar-refractivity contribution is 1.26. The summed E-state index contributed by atoms with van der Waals surface area (Å²) >= 11 is 13.4. The minimum absolute atomic E-state index is 0.0867. The summed E-state index contributed by atoms with van der Waals surface area (Å²) in [4.78, 5) is 2.02. The van der Waals surface area contributed by atoms with Gasteiger partial charge in [-0.3, -0.25) is 0 Å². The van der Waals surface area contributed by atoms with Gasteiger partial charge in [0.05, 0.1) is 15.9 Å². The fraction of sp³-hybridized carbons (Fsp3) is 0.0714. The Morgan fingerprint density at radius 3 is 2.61 bits per heavy atom. The molecule has 0 fully saturated rings. The first kappa shape index (κ1) is 12.0. The number of anilines is 1. The smallest absolute Gasteiger partial charge is 0.0979 e. The first-order valence-corrected chi connectivity index (χ1v) is 7.23. The number of rotatable bonds is 1. The number of hydrogen-bond acceptors (Lipinski definition) is 2. The van der Waals surface area contributed by atoms with E-state index in [9.17, 15) is 0 Å². The Bertz CT molecular complexity index is 612. The minimum atomic E-state index is 0.0867. The van der Waals surface area contributed by atoms with E-state index < -0.39 is 0 Å². The molecule has 4 heteroatoms. The van der Waals surface area contributed by atoms with E-state index in [1.54, 1.807) is 11.8 Å². The second kappa shape index (κ2) is 4.92. The van der Waals surface area contributed by atoms with E-state index in [0.29, 0.717) is 0 Å². The number of halogens is 1. The average Bonchev–Trinajstić information content (AvgIpc) is 2.39. The van der Waals surface area contributed by atoms with Gasteiger partial charge in [0.1, 0.15) is 0 Å². The summed E-state index contributed by atoms with van der Waals surface area (Å²) in [6, 6.07) is 16.0. The van der Waals surface area contributed by atoms with Gasteiger partial charge < -0.3 is 5.32 Å². The molecule has 0 saturated carbocycles. The Hall–Kier alpha value is -1.03. The summed E-state index contributed by atoms with van der Waals surface area (Å²) in [6.07, 6.45) is 0. The van der Waals surface area contributed by atoms with Crippen molar-refractivity contribution in [3.63, 3.8) is 0 Å². The molecule has 0 aromatic heterocycles. The van der Waals surface area contributed by atoms with Crippen LogP contribution in [0.25, 0.3) is 0 Å². The summed E-state index contributed by atoms with van der Waals surface area (Å²) in [5.74, 6) is 0. The lowest BCUT2D eigenvalue weighted by Gasteiger charge is -2.27. The number of para-hydroxylation sites is 1. The molecule has 0 aliphatic carbocycles. The predicted octanol–water partition coefficient (Wildman–Crippen LogP) is 4.93. The van der Waals surface area contributed by atoms with Crippen molar-refractivity contribution in [2.75, 3.05) is 5.32 Å². The molecule has 1 heterocycles. The highest BCUT2D eigenvalue weighted by Crippen LogP contribution is 2.45. The highest BCUT2D eigenvalue weighted by Gasteiger charge is 2.26. The highest BCUT2D eigenvalue weighted by atomic mass is 35.5. The molecule has 0 spiro atoms. The van der Waals surface area contributed by atoms with E-state index in [1.807, 2.05) is 42.5 Å². The number of hydrogen-bond donors (Lipinski definition) is 1. The maximum Gasteiger partial charge on any atom is 0.0979 e. The van der Waals surface area contributed by atoms with E-state index in [-0.39, 0.29) is 5.25 Å². The molecule has 18 heavy (non-hydrogen) atoms. The third kappa shape index (κ3) is 2.14. The molecule has 3 rings (SSSR count). The molecule has 1 aliphatic heterocycles. The molecule has 90 valence electrons. The largest absolute Gasteiger partial charge is 0.348 e. The van der Waals surface area contributed by atoms with Gasteiger partial charge in [-0.05, 0) is 23.8 Å². The fourth-order valence-electron chi connectivity index (χ4n) is 1.94. The molecular formula is C14H10ClNS2. The Morgan fingerprint density at radius 2 is 1.78 bits per heavy atom. The van der Waals surface area contributed by atoms with E-state index in [4.69, 9.17) is 23.8 Å². The van der Waals surface area contributed by atoms with E-state index >= 15 is 0 Å². The predicted molar refractivity (Wildman–Crippen MR) is 82.7 cm³/mol. The van der Waals surface area contributed by atoms with Gasteiger partial charge in [0.2, 0.25) is 0 Å². The quantitative estimate of drug-likeness (QED) is 0.749. The summed E-state index contributed by atoms with van der Waals surface area (Å²) < 4.78 is 0. The SMILES string of the molecule is S=C1Nc2ccccc2SC1c1ccccc1Cl. The molecule has 0 amide bonds. The van der Waals surface area contributed by atoms with Crippen LogP contribution in [-0.4, -0.2) is 4.99 Å². The second-order valence-electron chi connectivity index (χ2n) is 4.00. The first-order chi connectivity index (χ1) is 8.75. The van der Waals surface area contributed by atoms with E-state index in [2.05, 4.69) is 11.4 Å². The number of fused-ring (bicyclic) bond motifs is 1. The number of benzene rings is 2. The molecule has 1 aliphatic rings. The van der Waals surface area contributed by atoms with E-state index in [0.717, 1.165) is 21.3 Å². The molecular weight excluding hydrogens is 282 g/mol. The van der Waals surface area contributed by atoms with Crippen molar-refractivity contribution < 1.29 is 0 Å². The maximum absolute atomic E-state index is 6.25. The Kier molecular flexibility index (Phi) is 3.29. The second-order valence-corrected chi connectivity index (χ2v) is 6.00. The summed E-state index contributed by atoms with van der Waals surface area (Å²) in [5, 5.41) is 4.14. The van der Waals surface area contributed by atoms with Crippen LogP contribution in [0.15, 0.2) is 53.4 Å². The topological polar surface area (TPSA) is 12.0 Å². The van der Waals surface area contributed by atoms with Crippen molar-refractivity contribution in [3.05, 3.63) is 59.1 Å². The highest BCUT2D eigenvalue weighted by molar-refractivity contribution is 8.01. The van der Waals surface area contributed by atoms with Crippen LogP contribution in [-0.2, 0) is 0 Å². The Labute approximate surface area is 121 Å². The molecule has 0 saturated heterocycles. The zero-order valence-electron chi connectivity index (χ0n) is 9.39. The summed E-state index contributed by atoms with van der Waals surface area (Å²) in [6.45, 7) is 0. The fourth-order valence-corrected chi connectivity index (χ4v) is 3.79. The number of thiocarbonyl (C=S) groups is 1. The Balaban J connectivity index is 2.01. The Morgan fingerprint density at radius 1 is 1.06 bits per heavy atom. The van der Waals surface area contributed by atoms with Crippen molar-refractivity contribution in [2.24, 2.45) is 0 Å². The summed E-state index contributed by atoms with van der Waals surface area (Å²) in [5.41, 5.74) is 2.15. The first-order valence-electron chi connectivity index (χ1n) is 5.56. The van der Waals surface area contributed by atoms with Crippen molar-refractivity contribution >= 4 is 46.3 Å². The standard InChI is InChI=1S/C14H10ClNS2/c15-10-6-2-1-5-9(10)13-14(17)16-11-7-3-4-8-12(11)18-13/h1-8,13H,(H,16,17). The number of thioether (sulfide) groups is 1. The van der Waals surface area contributed by atoms with Gasteiger partial charge in [0.25, 0.3) is 0 Å². The van der Waals surface area contributed by atoms with Crippen LogP contribution in [0.3, 0.4) is 0 Å². The summed E-state index contributed by atoms with van der Waals surface area (Å²) in [7, 11) is 0. The molecule has 1 nitrogen and oxygen atoms in total. The van der Waals surface area contributed by atoms with Crippen LogP contribution in [0.1, 0.15) is 10.8 Å². The minimum Gasteiger partial charge on any atom is -0.348 e. The third-order valence-corrected chi connectivity index (χ3v) is 4.98. The molecule has 0 radical (unpaired) electrons. The van der Waals surface area contributed by atoms with Crippen LogP contribution in [0.2, 0.25) is 5.02 Å². The van der Waals surface area contributed by atoms with Crippen molar-refractivity contribution in [3.8, 4) is 0 Å². The van der Waals surface area contributed by atoms with Gasteiger partial charge in [-0.15, -0.1) is 11.8 Å². The van der Waals surface area contributed by atoms with Crippen molar-refractivity contribution in [1.82, 2.24) is 0 Å². The molecule has 1 atom stereocenters. The van der Waals surface area contributed by atoms with Gasteiger partial charge in [-0.2, -0.15) is 0 Å². The van der Waals surface area contributed by atoms with Crippen LogP contribution in [0.4, 0.5) is 5.69 Å². The normalized spacial score (nSPS) is 18.1. The van der Waals surface area contributed by atoms with Gasteiger partial charge in [-0.1, -0.05) is 54.2 Å². The van der Waals surface area contributed by atoms with Gasteiger partial charge in [0.15, 0.2) is 0 Å². The maximum atomic E-state index is 6.25. The zero-order valence-corrected chi connectivity index (χ0v) is 11.8. The zero-order chi connectivity index (χ0) is 12.5. The van der Waals surface area contributed by atoms with Crippen LogP contribution >= 0.6 is 35.6 Å². The molecule has 2 aromatic rings.